The van der Waals surface area contributed by atoms with Crippen LogP contribution < -0.4 is 88.7 Å². The Hall–Kier alpha value is -12.2. The Balaban J connectivity index is 1.04. The Morgan fingerprint density at radius 2 is 1.05 bits per heavy atom. The second-order valence-corrected chi connectivity index (χ2v) is 37.1. The van der Waals surface area contributed by atoms with Crippen LogP contribution in [0.15, 0.2) is 127 Å². The number of aliphatic hydroxyl groups excluding tert-OH is 10. The van der Waals surface area contributed by atoms with Gasteiger partial charge in [-0.2, -0.15) is 0 Å². The molecule has 8 aliphatic rings. The molecule has 7 aromatic rings. The Bertz CT molecular complexity index is 5700. The van der Waals surface area contributed by atoms with Crippen molar-refractivity contribution in [2.24, 2.45) is 23.1 Å². The monoisotopic (exact) mass is 2050 g/mol. The Morgan fingerprint density at radius 1 is 0.500 bits per heavy atom. The van der Waals surface area contributed by atoms with Gasteiger partial charge >= 0.3 is 0 Å². The molecule has 29 N–H and O–H groups in total. The summed E-state index contributed by atoms with van der Waals surface area (Å²) in [7, 11) is 0. The molecule has 47 heteroatoms. The normalized spacial score (nSPS) is 26.8. The summed E-state index contributed by atoms with van der Waals surface area (Å²) in [4.78, 5) is 143. The van der Waals surface area contributed by atoms with Gasteiger partial charge in [0, 0.05) is 38.4 Å². The molecule has 9 amide bonds. The minimum Gasteiger partial charge on any atom is -0.508 e. The van der Waals surface area contributed by atoms with Gasteiger partial charge < -0.3 is 184 Å². The number of phenols is 4. The molecule has 3 fully saturated rings. The number of carbonyl (C=O) groups excluding carboxylic acids is 9. The fraction of sp³-hybridized carbons (Fsp3) is 0.474. The zero-order valence-electron chi connectivity index (χ0n) is 78.5. The maximum absolute atomic E-state index is 17.0. The third-order valence-corrected chi connectivity index (χ3v) is 25.7. The summed E-state index contributed by atoms with van der Waals surface area (Å²) in [6, 6.07) is 4.81. The Kier molecular flexibility index (Phi) is 37.6. The standard InChI is InChI=1S/C97H121Cl2N13O32/c1-44(2)11-6-4-5-7-12-70(121)106-77-83(126)80(123)68(42-114)141-96(77)144-87-65-37-52-38-66(87)139-63-22-17-49(35-59(63)99)86(143-95-76(104-45(3)116)82(125)79(122)67(41-113)140-95)78(94(135)109-73(90(131)103-25-10-28-112(26-8-23-100)27-9-24-101)50-31-55(119)40-57(34-50)137-97-85(128)84(127)81(124)69(43-115)142-97)111-91(132)72(47-14-18-53(117)19-15-47)108-93(134)75(52)110-92(133)74-51-32-54(118)39-56(33-51)136-64-36-48(16-20-61(64)120)71(102)89(130)105-60(88(129)107-74)30-46-13-21-62(138-65)58(98)29-46/h13-22,29,31-40,44,60,67-69,71-86,95-97,113-115,117-120,122-128H,4-12,23-28,30,41-43,100-102H2,1-3H3,(H,103,131)(H,104,116)(H,105,130)(H,106,121)(H,107,129)(H,108,134)(H,109,135)(H,110,133)(H,111,132)/t60-,67-,68-,69-,71-,72-,73+,74+,75-,76-,77-,78+,79-,80-,81-,82-,83-,84+,85+,86-,95+,96+,97+/m1/s1. The van der Waals surface area contributed by atoms with Crippen LogP contribution in [0.5, 0.6) is 69.0 Å². The summed E-state index contributed by atoms with van der Waals surface area (Å²) in [5.74, 6) is -16.7. The fourth-order valence-corrected chi connectivity index (χ4v) is 17.9. The van der Waals surface area contributed by atoms with Gasteiger partial charge in [-0.15, -0.1) is 0 Å². The van der Waals surface area contributed by atoms with Crippen molar-refractivity contribution in [2.45, 2.75) is 225 Å². The molecule has 3 saturated heterocycles. The molecule has 0 radical (unpaired) electrons. The van der Waals surface area contributed by atoms with Gasteiger partial charge in [0.1, 0.15) is 162 Å². The predicted molar refractivity (Wildman–Crippen MR) is 508 cm³/mol. The van der Waals surface area contributed by atoms with E-state index in [1.54, 1.807) is 0 Å². The third-order valence-electron chi connectivity index (χ3n) is 25.1. The number of hydrogen-bond donors (Lipinski definition) is 26. The second kappa shape index (κ2) is 49.6. The zero-order valence-corrected chi connectivity index (χ0v) is 80.0. The average molecular weight is 2050 g/mol. The molecule has 780 valence electrons. The predicted octanol–water partition coefficient (Wildman–Crippen LogP) is 0.460. The van der Waals surface area contributed by atoms with Gasteiger partial charge in [-0.25, -0.2) is 0 Å². The van der Waals surface area contributed by atoms with Crippen molar-refractivity contribution < 1.29 is 157 Å². The van der Waals surface area contributed by atoms with Crippen LogP contribution in [0.25, 0.3) is 0 Å². The van der Waals surface area contributed by atoms with Crippen LogP contribution in [-0.2, 0) is 68.5 Å². The van der Waals surface area contributed by atoms with Crippen molar-refractivity contribution in [1.82, 2.24) is 52.8 Å². The molecule has 0 saturated carbocycles. The number of fused-ring (bicyclic) bond motifs is 15. The number of unbranched alkanes of at least 4 members (excludes halogenated alkanes) is 3. The first kappa shape index (κ1) is 109. The van der Waals surface area contributed by atoms with E-state index in [2.05, 4.69) is 61.7 Å². The number of nitrogens with zero attached hydrogens (tertiary/aromatic N) is 1. The van der Waals surface area contributed by atoms with Crippen LogP contribution >= 0.6 is 23.2 Å². The lowest BCUT2D eigenvalue weighted by molar-refractivity contribution is -0.284. The van der Waals surface area contributed by atoms with Crippen LogP contribution in [0.1, 0.15) is 154 Å². The van der Waals surface area contributed by atoms with Crippen LogP contribution in [0.4, 0.5) is 0 Å². The van der Waals surface area contributed by atoms with Gasteiger partial charge in [0.05, 0.1) is 29.9 Å². The summed E-state index contributed by atoms with van der Waals surface area (Å²) >= 11 is 14.9. The molecule has 0 aromatic heterocycles. The van der Waals surface area contributed by atoms with Gasteiger partial charge in [-0.3, -0.25) is 43.2 Å². The summed E-state index contributed by atoms with van der Waals surface area (Å²) in [5, 5.41) is 181. The number of nitrogens with two attached hydrogens (primary N) is 3. The molecule has 0 aliphatic carbocycles. The first-order valence-corrected chi connectivity index (χ1v) is 47.8. The number of benzene rings is 7. The van der Waals surface area contributed by atoms with Gasteiger partial charge in [0.25, 0.3) is 0 Å². The number of hydrogen-bond acceptors (Lipinski definition) is 36. The molecule has 8 heterocycles. The number of rotatable bonds is 33. The van der Waals surface area contributed by atoms with Gasteiger partial charge in [0.2, 0.25) is 71.5 Å². The highest BCUT2D eigenvalue weighted by atomic mass is 35.5. The molecule has 7 aromatic carbocycles. The second-order valence-electron chi connectivity index (χ2n) is 36.3. The molecular weight excluding hydrogens is 1930 g/mol. The maximum Gasteiger partial charge on any atom is 0.248 e. The molecule has 15 rings (SSSR count). The number of nitrogens with one attached hydrogen (secondary N) is 9. The smallest absolute Gasteiger partial charge is 0.248 e. The van der Waals surface area contributed by atoms with Crippen molar-refractivity contribution >= 4 is 76.4 Å². The molecule has 0 unspecified atom stereocenters. The van der Waals surface area contributed by atoms with Crippen LogP contribution in [0.2, 0.25) is 10.0 Å². The van der Waals surface area contributed by atoms with Crippen molar-refractivity contribution in [3.63, 3.8) is 0 Å². The van der Waals surface area contributed by atoms with Gasteiger partial charge in [-0.1, -0.05) is 93.1 Å². The van der Waals surface area contributed by atoms with E-state index in [4.69, 9.17) is 83.0 Å². The molecule has 45 nitrogen and oxygen atoms in total. The van der Waals surface area contributed by atoms with E-state index < -0.39 is 288 Å². The lowest BCUT2D eigenvalue weighted by Gasteiger charge is -2.44. The highest BCUT2D eigenvalue weighted by Crippen LogP contribution is 2.50. The first-order chi connectivity index (χ1) is 68.8. The topological polar surface area (TPSA) is 709 Å². The van der Waals surface area contributed by atoms with E-state index in [9.17, 15) is 85.9 Å². The fourth-order valence-electron chi connectivity index (χ4n) is 17.4. The Labute approximate surface area is 835 Å². The number of phenolic OH excluding ortho intramolecular Hbond substituents is 4. The number of aromatic hydroxyl groups is 4. The largest absolute Gasteiger partial charge is 0.508 e. The van der Waals surface area contributed by atoms with Gasteiger partial charge in [-0.05, 0) is 188 Å². The lowest BCUT2D eigenvalue weighted by atomic mass is 9.95. The van der Waals surface area contributed by atoms with Crippen LogP contribution in [0.3, 0.4) is 0 Å². The zero-order chi connectivity index (χ0) is 104. The number of halogens is 2. The molecule has 13 bridgehead atoms. The molecule has 144 heavy (non-hydrogen) atoms. The summed E-state index contributed by atoms with van der Waals surface area (Å²) in [5.41, 5.74) is 16.7. The van der Waals surface area contributed by atoms with E-state index in [0.29, 0.717) is 64.3 Å². The minimum atomic E-state index is -2.56. The SMILES string of the molecule is CC(=O)N[C@H]1[C@H](O[C@@H]2c3ccc(c(Cl)c3)Oc3cc4cc(c3O[C@@H]3O[C@H](CO)[C@@H](O)[C@H](O)[C@H]3NC(=O)CCCCCCC(C)C)Oc3ccc(cc3Cl)C[C@H]3NC(=O)[C@H](N)c5ccc(O)c(c5)Oc5cc(O)cc(c5)[C@H](NC3=O)C(=O)N[C@H]4C(=O)N[C@H](c3ccc(O)cc3)C(=O)N[C@@H]2C(=O)N[C@H](C(=O)NCCCN(CCCN)CCCN)c2cc(O)cc(O[C@H]3O[C@H](CO)[C@@H](O)[C@H](O)[C@@H]3O)c2)O[C@H](CO)[C@@H](O)[C@@H]1O. The van der Waals surface area contributed by atoms with Crippen molar-refractivity contribution in [3.8, 4) is 69.0 Å². The van der Waals surface area contributed by atoms with E-state index in [1.165, 1.54) is 30.3 Å². The summed E-state index contributed by atoms with van der Waals surface area (Å²) in [6.45, 7) is 4.01. The van der Waals surface area contributed by atoms with Crippen molar-refractivity contribution in [2.75, 3.05) is 59.1 Å². The number of amides is 9. The van der Waals surface area contributed by atoms with E-state index >= 15 is 28.8 Å². The van der Waals surface area contributed by atoms with E-state index in [1.807, 2.05) is 4.90 Å². The number of carbonyl (C=O) groups is 9. The maximum atomic E-state index is 17.0. The van der Waals surface area contributed by atoms with Crippen LogP contribution in [-0.4, -0.2) is 293 Å². The highest BCUT2D eigenvalue weighted by molar-refractivity contribution is 6.32. The summed E-state index contributed by atoms with van der Waals surface area (Å²) < 4.78 is 57.8. The lowest BCUT2D eigenvalue weighted by Crippen LogP contribution is -2.65. The van der Waals surface area contributed by atoms with E-state index in [-0.39, 0.29) is 69.5 Å². The summed E-state index contributed by atoms with van der Waals surface area (Å²) in [6.07, 6.45) is -23.6. The first-order valence-electron chi connectivity index (χ1n) is 47.0. The molecule has 8 aliphatic heterocycles. The third kappa shape index (κ3) is 26.9. The van der Waals surface area contributed by atoms with Crippen molar-refractivity contribution in [1.29, 1.82) is 0 Å². The quantitative estimate of drug-likeness (QED) is 0.0248. The van der Waals surface area contributed by atoms with Crippen LogP contribution in [0, 0.1) is 5.92 Å². The number of ether oxygens (including phenoxy) is 9. The van der Waals surface area contributed by atoms with Crippen molar-refractivity contribution in [3.05, 3.63) is 176 Å². The molecule has 23 atom stereocenters. The van der Waals surface area contributed by atoms with E-state index in [0.717, 1.165) is 123 Å². The molecule has 0 spiro atoms. The Morgan fingerprint density at radius 3 is 1.67 bits per heavy atom. The molecular formula is C97H121Cl2N13O32. The minimum absolute atomic E-state index is 0.0397. The number of aliphatic hydroxyl groups is 10. The van der Waals surface area contributed by atoms with Gasteiger partial charge in [0.15, 0.2) is 29.3 Å². The highest BCUT2D eigenvalue weighted by Gasteiger charge is 2.52. The average Bonchev–Trinajstić information content (AvgIpc) is 0.763.